The molecule has 0 spiro atoms. The highest BCUT2D eigenvalue weighted by Gasteiger charge is 2.05. The van der Waals surface area contributed by atoms with Crippen molar-refractivity contribution in [1.29, 1.82) is 0 Å². The Labute approximate surface area is 98.5 Å². The van der Waals surface area contributed by atoms with Crippen molar-refractivity contribution in [3.63, 3.8) is 0 Å². The Morgan fingerprint density at radius 1 is 1.44 bits per heavy atom. The number of rotatable bonds is 4. The Bertz CT molecular complexity index is 454. The largest absolute Gasteiger partial charge is 0.354 e. The molecule has 2 aromatic heterocycles. The standard InChI is InChI=1S/C10H15N5S/c1-4-15-6-12-14-9(15)5-11-10-13-7(2)8(3)16-10/h6H,4-5H2,1-3H3,(H,11,13). The van der Waals surface area contributed by atoms with Crippen LogP contribution in [-0.2, 0) is 13.1 Å². The molecule has 0 saturated heterocycles. The van der Waals surface area contributed by atoms with Gasteiger partial charge in [-0.05, 0) is 20.8 Å². The Hall–Kier alpha value is -1.43. The van der Waals surface area contributed by atoms with Crippen LogP contribution in [0.1, 0.15) is 23.3 Å². The van der Waals surface area contributed by atoms with Crippen LogP contribution in [0.5, 0.6) is 0 Å². The van der Waals surface area contributed by atoms with Gasteiger partial charge in [-0.3, -0.25) is 0 Å². The summed E-state index contributed by atoms with van der Waals surface area (Å²) < 4.78 is 2.01. The van der Waals surface area contributed by atoms with Gasteiger partial charge in [0.15, 0.2) is 11.0 Å². The maximum absolute atomic E-state index is 4.42. The van der Waals surface area contributed by atoms with E-state index in [-0.39, 0.29) is 0 Å². The third-order valence-corrected chi connectivity index (χ3v) is 3.49. The molecule has 0 fully saturated rings. The fraction of sp³-hybridized carbons (Fsp3) is 0.500. The average Bonchev–Trinajstić information content (AvgIpc) is 2.83. The van der Waals surface area contributed by atoms with Crippen LogP contribution >= 0.6 is 11.3 Å². The first-order chi connectivity index (χ1) is 7.70. The minimum absolute atomic E-state index is 0.667. The molecule has 0 aromatic carbocycles. The molecule has 0 unspecified atom stereocenters. The zero-order valence-electron chi connectivity index (χ0n) is 9.69. The lowest BCUT2D eigenvalue weighted by molar-refractivity contribution is 0.707. The number of anilines is 1. The monoisotopic (exact) mass is 237 g/mol. The summed E-state index contributed by atoms with van der Waals surface area (Å²) in [5.74, 6) is 0.938. The summed E-state index contributed by atoms with van der Waals surface area (Å²) in [6, 6.07) is 0. The van der Waals surface area contributed by atoms with Gasteiger partial charge >= 0.3 is 0 Å². The number of nitrogens with one attached hydrogen (secondary N) is 1. The van der Waals surface area contributed by atoms with E-state index in [1.165, 1.54) is 4.88 Å². The van der Waals surface area contributed by atoms with E-state index in [4.69, 9.17) is 0 Å². The van der Waals surface area contributed by atoms with Crippen LogP contribution in [0.4, 0.5) is 5.13 Å². The third-order valence-electron chi connectivity index (χ3n) is 2.46. The van der Waals surface area contributed by atoms with Crippen LogP contribution in [0.2, 0.25) is 0 Å². The van der Waals surface area contributed by atoms with Crippen molar-refractivity contribution >= 4 is 16.5 Å². The lowest BCUT2D eigenvalue weighted by atomic mass is 10.4. The molecule has 2 rings (SSSR count). The summed E-state index contributed by atoms with van der Waals surface area (Å²) in [7, 11) is 0. The van der Waals surface area contributed by atoms with Gasteiger partial charge in [-0.25, -0.2) is 4.98 Å². The molecule has 2 heterocycles. The van der Waals surface area contributed by atoms with E-state index in [0.717, 1.165) is 23.2 Å². The van der Waals surface area contributed by atoms with Gasteiger partial charge in [-0.2, -0.15) is 0 Å². The van der Waals surface area contributed by atoms with Gasteiger partial charge in [-0.1, -0.05) is 0 Å². The summed E-state index contributed by atoms with van der Waals surface area (Å²) in [6.07, 6.45) is 1.75. The Kier molecular flexibility index (Phi) is 3.19. The third kappa shape index (κ3) is 2.21. The molecular weight excluding hydrogens is 222 g/mol. The smallest absolute Gasteiger partial charge is 0.183 e. The molecule has 5 nitrogen and oxygen atoms in total. The highest BCUT2D eigenvalue weighted by Crippen LogP contribution is 2.21. The number of nitrogens with zero attached hydrogens (tertiary/aromatic N) is 4. The average molecular weight is 237 g/mol. The number of hydrogen-bond donors (Lipinski definition) is 1. The van der Waals surface area contributed by atoms with Crippen molar-refractivity contribution in [3.8, 4) is 0 Å². The molecule has 0 amide bonds. The lowest BCUT2D eigenvalue weighted by Gasteiger charge is -2.03. The number of hydrogen-bond acceptors (Lipinski definition) is 5. The van der Waals surface area contributed by atoms with Gasteiger partial charge in [-0.15, -0.1) is 21.5 Å². The van der Waals surface area contributed by atoms with Gasteiger partial charge in [0.25, 0.3) is 0 Å². The zero-order chi connectivity index (χ0) is 11.5. The van der Waals surface area contributed by atoms with Crippen molar-refractivity contribution in [1.82, 2.24) is 19.7 Å². The first-order valence-electron chi connectivity index (χ1n) is 5.25. The number of aromatic nitrogens is 4. The maximum atomic E-state index is 4.42. The number of thiazole rings is 1. The molecule has 2 aromatic rings. The Morgan fingerprint density at radius 3 is 2.88 bits per heavy atom. The predicted octanol–water partition coefficient (Wildman–Crippen LogP) is 1.98. The zero-order valence-corrected chi connectivity index (χ0v) is 10.5. The van der Waals surface area contributed by atoms with Crippen LogP contribution in [0.25, 0.3) is 0 Å². The lowest BCUT2D eigenvalue weighted by Crippen LogP contribution is -2.07. The summed E-state index contributed by atoms with van der Waals surface area (Å²) >= 11 is 1.67. The molecule has 0 aliphatic heterocycles. The van der Waals surface area contributed by atoms with E-state index >= 15 is 0 Å². The Morgan fingerprint density at radius 2 is 2.25 bits per heavy atom. The van der Waals surface area contributed by atoms with Crippen LogP contribution in [0, 0.1) is 13.8 Å². The molecule has 0 atom stereocenters. The Balaban J connectivity index is 2.02. The normalized spacial score (nSPS) is 10.7. The second-order valence-electron chi connectivity index (χ2n) is 3.55. The van der Waals surface area contributed by atoms with Gasteiger partial charge < -0.3 is 9.88 Å². The molecule has 86 valence electrons. The second-order valence-corrected chi connectivity index (χ2v) is 4.75. The molecule has 0 bridgehead atoms. The van der Waals surface area contributed by atoms with E-state index < -0.39 is 0 Å². The van der Waals surface area contributed by atoms with Crippen LogP contribution in [0.15, 0.2) is 6.33 Å². The minimum Gasteiger partial charge on any atom is -0.354 e. The van der Waals surface area contributed by atoms with E-state index in [9.17, 15) is 0 Å². The van der Waals surface area contributed by atoms with Crippen molar-refractivity contribution < 1.29 is 0 Å². The predicted molar refractivity (Wildman–Crippen MR) is 64.6 cm³/mol. The maximum Gasteiger partial charge on any atom is 0.183 e. The molecule has 16 heavy (non-hydrogen) atoms. The van der Waals surface area contributed by atoms with E-state index in [1.54, 1.807) is 17.7 Å². The summed E-state index contributed by atoms with van der Waals surface area (Å²) in [5.41, 5.74) is 1.09. The molecule has 6 heteroatoms. The molecule has 0 saturated carbocycles. The summed E-state index contributed by atoms with van der Waals surface area (Å²) in [5, 5.41) is 12.2. The highest BCUT2D eigenvalue weighted by molar-refractivity contribution is 7.15. The molecule has 1 N–H and O–H groups in total. The molecule has 0 radical (unpaired) electrons. The second kappa shape index (κ2) is 4.61. The quantitative estimate of drug-likeness (QED) is 0.883. The van der Waals surface area contributed by atoms with Crippen LogP contribution < -0.4 is 5.32 Å². The number of aryl methyl sites for hydroxylation is 3. The molecule has 0 aliphatic carbocycles. The van der Waals surface area contributed by atoms with Crippen molar-refractivity contribution in [2.24, 2.45) is 0 Å². The molecule has 0 aliphatic rings. The van der Waals surface area contributed by atoms with Gasteiger partial charge in [0.1, 0.15) is 6.33 Å². The topological polar surface area (TPSA) is 55.6 Å². The fourth-order valence-corrected chi connectivity index (χ4v) is 2.19. The fourth-order valence-electron chi connectivity index (χ4n) is 1.38. The summed E-state index contributed by atoms with van der Waals surface area (Å²) in [6.45, 7) is 7.73. The van der Waals surface area contributed by atoms with Crippen molar-refractivity contribution in [2.75, 3.05) is 5.32 Å². The van der Waals surface area contributed by atoms with Crippen LogP contribution in [-0.4, -0.2) is 19.7 Å². The SMILES string of the molecule is CCn1cnnc1CNc1nc(C)c(C)s1. The summed E-state index contributed by atoms with van der Waals surface area (Å²) in [4.78, 5) is 5.66. The van der Waals surface area contributed by atoms with E-state index in [0.29, 0.717) is 6.54 Å². The minimum atomic E-state index is 0.667. The highest BCUT2D eigenvalue weighted by atomic mass is 32.1. The first kappa shape index (κ1) is 11.1. The first-order valence-corrected chi connectivity index (χ1v) is 6.07. The van der Waals surface area contributed by atoms with Gasteiger partial charge in [0.2, 0.25) is 0 Å². The van der Waals surface area contributed by atoms with Crippen LogP contribution in [0.3, 0.4) is 0 Å². The van der Waals surface area contributed by atoms with Gasteiger partial charge in [0.05, 0.1) is 12.2 Å². The molecular formula is C10H15N5S. The van der Waals surface area contributed by atoms with Crippen molar-refractivity contribution in [3.05, 3.63) is 22.7 Å². The van der Waals surface area contributed by atoms with Crippen molar-refractivity contribution in [2.45, 2.75) is 33.9 Å². The van der Waals surface area contributed by atoms with E-state index in [2.05, 4.69) is 34.3 Å². The van der Waals surface area contributed by atoms with E-state index in [1.807, 2.05) is 11.5 Å². The van der Waals surface area contributed by atoms with Gasteiger partial charge in [0, 0.05) is 11.4 Å².